The van der Waals surface area contributed by atoms with Crippen LogP contribution >= 0.6 is 15.9 Å². The summed E-state index contributed by atoms with van der Waals surface area (Å²) in [4.78, 5) is 0. The lowest BCUT2D eigenvalue weighted by Gasteiger charge is -2.31. The van der Waals surface area contributed by atoms with Crippen LogP contribution in [0.1, 0.15) is 37.7 Å². The van der Waals surface area contributed by atoms with Crippen molar-refractivity contribution >= 4 is 15.9 Å². The van der Waals surface area contributed by atoms with Gasteiger partial charge in [-0.1, -0.05) is 41.4 Å². The lowest BCUT2D eigenvalue weighted by atomic mass is 9.74. The Morgan fingerprint density at radius 3 is 2.31 bits per heavy atom. The van der Waals surface area contributed by atoms with Crippen molar-refractivity contribution in [2.24, 2.45) is 5.92 Å². The van der Waals surface area contributed by atoms with E-state index < -0.39 is 0 Å². The monoisotopic (exact) mass is 238 g/mol. The van der Waals surface area contributed by atoms with Gasteiger partial charge in [0.25, 0.3) is 0 Å². The van der Waals surface area contributed by atoms with E-state index >= 15 is 0 Å². The molecular weight excluding hydrogens is 224 g/mol. The first-order valence-electron chi connectivity index (χ1n) is 5.03. The van der Waals surface area contributed by atoms with Crippen molar-refractivity contribution in [3.63, 3.8) is 0 Å². The summed E-state index contributed by atoms with van der Waals surface area (Å²) in [5.74, 6) is 1.70. The van der Waals surface area contributed by atoms with Crippen molar-refractivity contribution in [1.29, 1.82) is 0 Å². The van der Waals surface area contributed by atoms with Crippen molar-refractivity contribution in [2.75, 3.05) is 0 Å². The number of benzene rings is 1. The zero-order valence-corrected chi connectivity index (χ0v) is 9.55. The maximum absolute atomic E-state index is 3.46. The van der Waals surface area contributed by atoms with Gasteiger partial charge in [0.2, 0.25) is 0 Å². The first kappa shape index (κ1) is 9.26. The average Bonchev–Trinajstić information content (AvgIpc) is 2.02. The van der Waals surface area contributed by atoms with Crippen LogP contribution in [0.2, 0.25) is 0 Å². The van der Waals surface area contributed by atoms with E-state index in [-0.39, 0.29) is 0 Å². The molecule has 1 fully saturated rings. The molecule has 0 aliphatic heterocycles. The molecule has 1 aromatic rings. The van der Waals surface area contributed by atoms with Gasteiger partial charge in [-0.15, -0.1) is 0 Å². The molecule has 0 saturated heterocycles. The molecule has 1 heteroatoms. The highest BCUT2D eigenvalue weighted by molar-refractivity contribution is 9.10. The van der Waals surface area contributed by atoms with E-state index in [0.29, 0.717) is 0 Å². The van der Waals surface area contributed by atoms with Crippen molar-refractivity contribution in [3.05, 3.63) is 34.3 Å². The summed E-state index contributed by atoms with van der Waals surface area (Å²) in [5.41, 5.74) is 1.49. The normalized spacial score (nSPS) is 19.5. The maximum Gasteiger partial charge on any atom is 0.0175 e. The van der Waals surface area contributed by atoms with Crippen LogP contribution in [0.15, 0.2) is 28.7 Å². The highest BCUT2D eigenvalue weighted by Gasteiger charge is 2.24. The van der Waals surface area contributed by atoms with E-state index in [2.05, 4.69) is 47.1 Å². The number of halogens is 1. The zero-order valence-electron chi connectivity index (χ0n) is 7.96. The third-order valence-corrected chi connectivity index (χ3v) is 3.78. The van der Waals surface area contributed by atoms with Crippen molar-refractivity contribution in [3.8, 4) is 0 Å². The fourth-order valence-corrected chi connectivity index (χ4v) is 2.24. The SMILES string of the molecule is CC(c1ccc(Br)cc1)C1CCC1. The molecule has 1 aromatic carbocycles. The van der Waals surface area contributed by atoms with E-state index in [1.165, 1.54) is 29.3 Å². The Morgan fingerprint density at radius 2 is 1.85 bits per heavy atom. The molecule has 0 radical (unpaired) electrons. The fraction of sp³-hybridized carbons (Fsp3) is 0.500. The predicted molar refractivity (Wildman–Crippen MR) is 59.9 cm³/mol. The van der Waals surface area contributed by atoms with Crippen molar-refractivity contribution in [1.82, 2.24) is 0 Å². The molecule has 0 bridgehead atoms. The standard InChI is InChI=1S/C12H15Br/c1-9(10-3-2-4-10)11-5-7-12(13)8-6-11/h5-10H,2-4H2,1H3. The molecule has 1 aliphatic carbocycles. The molecule has 1 aliphatic rings. The van der Waals surface area contributed by atoms with Crippen LogP contribution in [0.4, 0.5) is 0 Å². The van der Waals surface area contributed by atoms with E-state index in [1.54, 1.807) is 0 Å². The van der Waals surface area contributed by atoms with Crippen LogP contribution < -0.4 is 0 Å². The summed E-state index contributed by atoms with van der Waals surface area (Å²) in [7, 11) is 0. The van der Waals surface area contributed by atoms with Gasteiger partial charge in [-0.05, 0) is 42.4 Å². The largest absolute Gasteiger partial charge is 0.0581 e. The lowest BCUT2D eigenvalue weighted by molar-refractivity contribution is 0.272. The summed E-state index contributed by atoms with van der Waals surface area (Å²) >= 11 is 3.46. The maximum atomic E-state index is 3.46. The minimum Gasteiger partial charge on any atom is -0.0581 e. The molecule has 0 N–H and O–H groups in total. The summed E-state index contributed by atoms with van der Waals surface area (Å²) in [6.07, 6.45) is 4.29. The number of rotatable bonds is 2. The molecule has 2 rings (SSSR count). The quantitative estimate of drug-likeness (QED) is 0.719. The van der Waals surface area contributed by atoms with Crippen LogP contribution in [-0.2, 0) is 0 Å². The Labute approximate surface area is 88.5 Å². The van der Waals surface area contributed by atoms with Crippen LogP contribution in [0.3, 0.4) is 0 Å². The Hall–Kier alpha value is -0.300. The fourth-order valence-electron chi connectivity index (χ4n) is 1.98. The van der Waals surface area contributed by atoms with Gasteiger partial charge in [0.1, 0.15) is 0 Å². The van der Waals surface area contributed by atoms with Crippen molar-refractivity contribution in [2.45, 2.75) is 32.1 Å². The van der Waals surface area contributed by atoms with E-state index in [9.17, 15) is 0 Å². The molecule has 1 unspecified atom stereocenters. The second-order valence-corrected chi connectivity index (χ2v) is 4.95. The summed E-state index contributed by atoms with van der Waals surface area (Å²) in [6, 6.07) is 8.77. The molecule has 1 saturated carbocycles. The van der Waals surface area contributed by atoms with E-state index in [0.717, 1.165) is 11.8 Å². The molecular formula is C12H15Br. The molecule has 0 amide bonds. The highest BCUT2D eigenvalue weighted by Crippen LogP contribution is 2.38. The topological polar surface area (TPSA) is 0 Å². The molecule has 0 heterocycles. The Morgan fingerprint density at radius 1 is 1.23 bits per heavy atom. The van der Waals surface area contributed by atoms with Gasteiger partial charge in [0.05, 0.1) is 0 Å². The minimum atomic E-state index is 0.752. The smallest absolute Gasteiger partial charge is 0.0175 e. The number of hydrogen-bond donors (Lipinski definition) is 0. The first-order chi connectivity index (χ1) is 6.27. The average molecular weight is 239 g/mol. The second kappa shape index (κ2) is 3.83. The molecule has 0 spiro atoms. The lowest BCUT2D eigenvalue weighted by Crippen LogP contribution is -2.17. The van der Waals surface area contributed by atoms with Gasteiger partial charge in [0, 0.05) is 4.47 Å². The molecule has 70 valence electrons. The Kier molecular flexibility index (Phi) is 2.73. The van der Waals surface area contributed by atoms with Gasteiger partial charge in [0.15, 0.2) is 0 Å². The van der Waals surface area contributed by atoms with Gasteiger partial charge >= 0.3 is 0 Å². The van der Waals surface area contributed by atoms with E-state index in [1.807, 2.05) is 0 Å². The minimum absolute atomic E-state index is 0.752. The van der Waals surface area contributed by atoms with E-state index in [4.69, 9.17) is 0 Å². The van der Waals surface area contributed by atoms with Crippen molar-refractivity contribution < 1.29 is 0 Å². The van der Waals surface area contributed by atoms with Gasteiger partial charge in [-0.2, -0.15) is 0 Å². The molecule has 0 aromatic heterocycles. The van der Waals surface area contributed by atoms with Crippen LogP contribution in [0, 0.1) is 5.92 Å². The third kappa shape index (κ3) is 1.96. The van der Waals surface area contributed by atoms with Crippen LogP contribution in [0.25, 0.3) is 0 Å². The summed E-state index contributed by atoms with van der Waals surface area (Å²) in [6.45, 7) is 2.35. The van der Waals surface area contributed by atoms with Gasteiger partial charge < -0.3 is 0 Å². The molecule has 13 heavy (non-hydrogen) atoms. The third-order valence-electron chi connectivity index (χ3n) is 3.25. The van der Waals surface area contributed by atoms with Gasteiger partial charge in [-0.3, -0.25) is 0 Å². The predicted octanol–water partition coefficient (Wildman–Crippen LogP) is 4.35. The van der Waals surface area contributed by atoms with Crippen LogP contribution in [0.5, 0.6) is 0 Å². The number of hydrogen-bond acceptors (Lipinski definition) is 0. The summed E-state index contributed by atoms with van der Waals surface area (Å²) in [5, 5.41) is 0. The zero-order chi connectivity index (χ0) is 9.26. The molecule has 1 atom stereocenters. The Bertz CT molecular complexity index is 272. The highest BCUT2D eigenvalue weighted by atomic mass is 79.9. The summed E-state index contributed by atoms with van der Waals surface area (Å²) < 4.78 is 1.18. The van der Waals surface area contributed by atoms with Gasteiger partial charge in [-0.25, -0.2) is 0 Å². The van der Waals surface area contributed by atoms with Crippen LogP contribution in [-0.4, -0.2) is 0 Å². The Balaban J connectivity index is 2.10. The first-order valence-corrected chi connectivity index (χ1v) is 5.82. The second-order valence-electron chi connectivity index (χ2n) is 4.03. The molecule has 0 nitrogen and oxygen atoms in total.